The molecule has 102 valence electrons. The van der Waals surface area contributed by atoms with Crippen molar-refractivity contribution in [2.24, 2.45) is 5.73 Å². The number of hydrogen-bond donors (Lipinski definition) is 4. The average Bonchev–Trinajstić information content (AvgIpc) is 2.32. The summed E-state index contributed by atoms with van der Waals surface area (Å²) in [5.74, 6) is 0. The van der Waals surface area contributed by atoms with E-state index >= 15 is 0 Å². The summed E-state index contributed by atoms with van der Waals surface area (Å²) in [5.41, 5.74) is 5.47. The predicted octanol–water partition coefficient (Wildman–Crippen LogP) is -0.717. The normalized spacial score (nSPS) is 21.7. The molecule has 1 saturated heterocycles. The number of nitrogens with one attached hydrogen (secondary N) is 3. The van der Waals surface area contributed by atoms with Crippen LogP contribution in [0.4, 0.5) is 0 Å². The molecule has 0 aromatic rings. The molecule has 0 amide bonds. The van der Waals surface area contributed by atoms with Crippen LogP contribution in [0.15, 0.2) is 0 Å². The van der Waals surface area contributed by atoms with Crippen LogP contribution in [0.3, 0.4) is 0 Å². The minimum absolute atomic E-state index is 0.272. The molecular formula is C12H28N4O. The third-order valence-corrected chi connectivity index (χ3v) is 2.86. The van der Waals surface area contributed by atoms with Crippen LogP contribution in [0.25, 0.3) is 0 Å². The Morgan fingerprint density at radius 3 is 2.12 bits per heavy atom. The molecule has 1 heterocycles. The van der Waals surface area contributed by atoms with Crippen molar-refractivity contribution < 1.29 is 4.74 Å². The van der Waals surface area contributed by atoms with Crippen LogP contribution in [0.1, 0.15) is 19.3 Å². The second-order valence-electron chi connectivity index (χ2n) is 4.50. The van der Waals surface area contributed by atoms with Crippen LogP contribution in [0, 0.1) is 0 Å². The van der Waals surface area contributed by atoms with Crippen molar-refractivity contribution in [1.82, 2.24) is 16.0 Å². The molecule has 1 fully saturated rings. The molecule has 0 aromatic heterocycles. The maximum Gasteiger partial charge on any atom is 0.0823 e. The summed E-state index contributed by atoms with van der Waals surface area (Å²) in [4.78, 5) is 0. The van der Waals surface area contributed by atoms with E-state index in [2.05, 4.69) is 16.0 Å². The zero-order valence-corrected chi connectivity index (χ0v) is 10.8. The molecule has 0 aliphatic carbocycles. The van der Waals surface area contributed by atoms with E-state index < -0.39 is 0 Å². The molecule has 1 aliphatic rings. The molecule has 0 radical (unpaired) electrons. The Balaban J connectivity index is 2.17. The van der Waals surface area contributed by atoms with E-state index in [0.717, 1.165) is 52.3 Å². The lowest BCUT2D eigenvalue weighted by molar-refractivity contribution is 0.0527. The minimum Gasteiger partial charge on any atom is -0.376 e. The number of rotatable bonds is 4. The maximum atomic E-state index is 5.81. The molecule has 0 saturated carbocycles. The highest BCUT2D eigenvalue weighted by atomic mass is 16.5. The van der Waals surface area contributed by atoms with Gasteiger partial charge >= 0.3 is 0 Å². The molecule has 1 rings (SSSR count). The smallest absolute Gasteiger partial charge is 0.0823 e. The molecule has 0 aromatic carbocycles. The Hall–Kier alpha value is -0.200. The van der Waals surface area contributed by atoms with Crippen LogP contribution in [0.5, 0.6) is 0 Å². The van der Waals surface area contributed by atoms with Gasteiger partial charge in [0.25, 0.3) is 0 Å². The van der Waals surface area contributed by atoms with Gasteiger partial charge in [-0.15, -0.1) is 0 Å². The maximum absolute atomic E-state index is 5.81. The van der Waals surface area contributed by atoms with E-state index in [0.29, 0.717) is 6.54 Å². The predicted molar refractivity (Wildman–Crippen MR) is 71.3 cm³/mol. The fourth-order valence-corrected chi connectivity index (χ4v) is 1.85. The molecule has 0 unspecified atom stereocenters. The summed E-state index contributed by atoms with van der Waals surface area (Å²) >= 11 is 0. The molecule has 1 aliphatic heterocycles. The van der Waals surface area contributed by atoms with Crippen molar-refractivity contribution in [1.29, 1.82) is 0 Å². The highest BCUT2D eigenvalue weighted by Gasteiger charge is 2.08. The third kappa shape index (κ3) is 8.51. The summed E-state index contributed by atoms with van der Waals surface area (Å²) in [7, 11) is 0. The van der Waals surface area contributed by atoms with Gasteiger partial charge in [0, 0.05) is 19.7 Å². The lowest BCUT2D eigenvalue weighted by atomic mass is 10.3. The first-order valence-corrected chi connectivity index (χ1v) is 6.87. The Bertz CT molecular complexity index is 157. The molecule has 0 atom stereocenters. The van der Waals surface area contributed by atoms with Gasteiger partial charge < -0.3 is 26.4 Å². The van der Waals surface area contributed by atoms with Crippen molar-refractivity contribution in [2.45, 2.75) is 25.4 Å². The van der Waals surface area contributed by atoms with Gasteiger partial charge in [0.2, 0.25) is 0 Å². The highest BCUT2D eigenvalue weighted by molar-refractivity contribution is 4.67. The molecular weight excluding hydrogens is 216 g/mol. The van der Waals surface area contributed by atoms with Crippen LogP contribution < -0.4 is 21.7 Å². The van der Waals surface area contributed by atoms with Crippen molar-refractivity contribution >= 4 is 0 Å². The van der Waals surface area contributed by atoms with Gasteiger partial charge in [0.05, 0.1) is 6.10 Å². The van der Waals surface area contributed by atoms with Crippen molar-refractivity contribution in [2.75, 3.05) is 52.4 Å². The van der Waals surface area contributed by atoms with Gasteiger partial charge in [-0.25, -0.2) is 0 Å². The number of ether oxygens (including phenoxy) is 1. The van der Waals surface area contributed by atoms with Gasteiger partial charge in [-0.05, 0) is 52.0 Å². The first kappa shape index (κ1) is 14.9. The largest absolute Gasteiger partial charge is 0.376 e. The number of nitrogens with two attached hydrogens (primary N) is 1. The summed E-state index contributed by atoms with van der Waals surface area (Å²) < 4.78 is 5.81. The van der Waals surface area contributed by atoms with Crippen LogP contribution in [0.2, 0.25) is 0 Å². The van der Waals surface area contributed by atoms with E-state index in [4.69, 9.17) is 10.5 Å². The quantitative estimate of drug-likeness (QED) is 0.492. The highest BCUT2D eigenvalue weighted by Crippen LogP contribution is 1.92. The Kier molecular flexibility index (Phi) is 9.55. The molecule has 17 heavy (non-hydrogen) atoms. The van der Waals surface area contributed by atoms with E-state index in [9.17, 15) is 0 Å². The van der Waals surface area contributed by atoms with Crippen LogP contribution >= 0.6 is 0 Å². The van der Waals surface area contributed by atoms with Crippen molar-refractivity contribution in [3.8, 4) is 0 Å². The molecule has 5 N–H and O–H groups in total. The summed E-state index contributed by atoms with van der Waals surface area (Å²) in [6.45, 7) is 7.66. The fourth-order valence-electron chi connectivity index (χ4n) is 1.85. The van der Waals surface area contributed by atoms with Crippen molar-refractivity contribution in [3.63, 3.8) is 0 Å². The summed E-state index contributed by atoms with van der Waals surface area (Å²) in [5, 5.41) is 10.3. The van der Waals surface area contributed by atoms with E-state index in [1.807, 2.05) is 0 Å². The average molecular weight is 244 g/mol. The lowest BCUT2D eigenvalue weighted by Gasteiger charge is -2.20. The van der Waals surface area contributed by atoms with Gasteiger partial charge in [-0.2, -0.15) is 0 Å². The standard InChI is InChI=1S/C12H28N4O/c13-4-1-9-17-12-10-15-7-2-5-14-6-3-8-16-11-12/h12,14-16H,1-11,13H2. The number of hydrogen-bond acceptors (Lipinski definition) is 5. The van der Waals surface area contributed by atoms with Gasteiger partial charge in [-0.3, -0.25) is 0 Å². The molecule has 5 nitrogen and oxygen atoms in total. The summed E-state index contributed by atoms with van der Waals surface area (Å²) in [6.07, 6.45) is 3.58. The molecule has 5 heteroatoms. The van der Waals surface area contributed by atoms with Crippen LogP contribution in [-0.4, -0.2) is 58.5 Å². The molecule has 0 bridgehead atoms. The van der Waals surface area contributed by atoms with Gasteiger partial charge in [-0.1, -0.05) is 0 Å². The van der Waals surface area contributed by atoms with Crippen LogP contribution in [-0.2, 0) is 4.74 Å². The van der Waals surface area contributed by atoms with Gasteiger partial charge in [0.1, 0.15) is 0 Å². The zero-order chi connectivity index (χ0) is 12.2. The van der Waals surface area contributed by atoms with E-state index in [1.54, 1.807) is 0 Å². The topological polar surface area (TPSA) is 71.3 Å². The minimum atomic E-state index is 0.272. The zero-order valence-electron chi connectivity index (χ0n) is 10.8. The third-order valence-electron chi connectivity index (χ3n) is 2.86. The second kappa shape index (κ2) is 10.9. The lowest BCUT2D eigenvalue weighted by Crippen LogP contribution is -2.40. The van der Waals surface area contributed by atoms with E-state index in [1.165, 1.54) is 12.8 Å². The fraction of sp³-hybridized carbons (Fsp3) is 1.00. The first-order valence-electron chi connectivity index (χ1n) is 6.87. The Morgan fingerprint density at radius 1 is 0.941 bits per heavy atom. The first-order chi connectivity index (χ1) is 8.43. The monoisotopic (exact) mass is 244 g/mol. The summed E-state index contributed by atoms with van der Waals surface area (Å²) in [6, 6.07) is 0. The van der Waals surface area contributed by atoms with Gasteiger partial charge in [0.15, 0.2) is 0 Å². The van der Waals surface area contributed by atoms with Crippen molar-refractivity contribution in [3.05, 3.63) is 0 Å². The SMILES string of the molecule is NCCCOC1CNCCCNCCCNC1. The molecule has 0 spiro atoms. The second-order valence-corrected chi connectivity index (χ2v) is 4.50. The van der Waals surface area contributed by atoms with E-state index in [-0.39, 0.29) is 6.10 Å². The Morgan fingerprint density at radius 2 is 1.53 bits per heavy atom. The Labute approximate surface area is 105 Å².